The number of aromatic nitrogens is 1. The lowest BCUT2D eigenvalue weighted by Crippen LogP contribution is -2.52. The molecule has 2 spiro atoms. The Morgan fingerprint density at radius 1 is 1.11 bits per heavy atom. The highest BCUT2D eigenvalue weighted by molar-refractivity contribution is 5.86. The fraction of sp³-hybridized carbons (Fsp3) is 0.727. The molecule has 28 heavy (non-hydrogen) atoms. The molecule has 3 aliphatic heterocycles. The van der Waals surface area contributed by atoms with Crippen LogP contribution in [-0.2, 0) is 16.1 Å². The second kappa shape index (κ2) is 8.09. The lowest BCUT2D eigenvalue weighted by molar-refractivity contribution is -0.142. The van der Waals surface area contributed by atoms with Crippen LogP contribution in [0.3, 0.4) is 0 Å². The highest BCUT2D eigenvalue weighted by atomic mass is 16.5. The summed E-state index contributed by atoms with van der Waals surface area (Å²) < 4.78 is 5.33. The molecule has 0 unspecified atom stereocenters. The van der Waals surface area contributed by atoms with Crippen molar-refractivity contribution >= 4 is 5.91 Å². The monoisotopic (exact) mass is 386 g/mol. The molecule has 0 aliphatic carbocycles. The third-order valence-corrected chi connectivity index (χ3v) is 7.46. The first-order chi connectivity index (χ1) is 13.6. The van der Waals surface area contributed by atoms with E-state index in [0.29, 0.717) is 5.91 Å². The molecule has 3 saturated heterocycles. The number of hydrogen-bond donors (Lipinski definition) is 0. The number of piperidine rings is 1. The van der Waals surface area contributed by atoms with Gasteiger partial charge in [0.15, 0.2) is 0 Å². The molecule has 0 radical (unpaired) electrons. The van der Waals surface area contributed by atoms with Gasteiger partial charge in [0.1, 0.15) is 0 Å². The van der Waals surface area contributed by atoms with Crippen LogP contribution in [0.15, 0.2) is 24.4 Å². The Morgan fingerprint density at radius 2 is 1.93 bits per heavy atom. The van der Waals surface area contributed by atoms with Crippen molar-refractivity contribution in [2.24, 2.45) is 10.8 Å². The number of carbonyl (C=O) groups excluding carboxylic acids is 1. The molecule has 154 valence electrons. The fourth-order valence-corrected chi connectivity index (χ4v) is 5.84. The molecule has 1 amide bonds. The fourth-order valence-electron chi connectivity index (χ4n) is 5.84. The lowest BCUT2D eigenvalue weighted by Gasteiger charge is -2.47. The maximum absolute atomic E-state index is 13.5. The maximum Gasteiger partial charge on any atom is 0.230 e. The largest absolute Gasteiger partial charge is 0.383 e. The van der Waals surface area contributed by atoms with Gasteiger partial charge in [-0.2, -0.15) is 0 Å². The molecule has 0 N–H and O–H groups in total. The molecule has 1 aromatic heterocycles. The van der Waals surface area contributed by atoms with Crippen molar-refractivity contribution in [2.45, 2.75) is 32.7 Å². The van der Waals surface area contributed by atoms with Crippen LogP contribution >= 0.6 is 0 Å². The number of hydrogen-bond acceptors (Lipinski definition) is 5. The average molecular weight is 387 g/mol. The van der Waals surface area contributed by atoms with E-state index in [1.165, 1.54) is 0 Å². The lowest BCUT2D eigenvalue weighted by atomic mass is 9.60. The molecular weight excluding hydrogens is 352 g/mol. The molecule has 3 fully saturated rings. The van der Waals surface area contributed by atoms with Crippen LogP contribution in [0.2, 0.25) is 0 Å². The van der Waals surface area contributed by atoms with Crippen molar-refractivity contribution in [1.29, 1.82) is 0 Å². The Morgan fingerprint density at radius 3 is 2.57 bits per heavy atom. The van der Waals surface area contributed by atoms with E-state index in [2.05, 4.69) is 38.7 Å². The number of nitrogens with zero attached hydrogens (tertiary/aromatic N) is 4. The molecule has 0 aromatic carbocycles. The summed E-state index contributed by atoms with van der Waals surface area (Å²) in [6, 6.07) is 6.13. The first-order valence-electron chi connectivity index (χ1n) is 10.8. The van der Waals surface area contributed by atoms with Crippen LogP contribution < -0.4 is 0 Å². The SMILES string of the molecule is CCN1CC[C@@]2(CN(CCOC)CC23CCN(Cc2ccccn2)CC3)C1=O. The Labute approximate surface area is 168 Å². The summed E-state index contributed by atoms with van der Waals surface area (Å²) in [6.07, 6.45) is 5.10. The summed E-state index contributed by atoms with van der Waals surface area (Å²) in [5.41, 5.74) is 1.06. The minimum absolute atomic E-state index is 0.113. The number of carbonyl (C=O) groups is 1. The third kappa shape index (κ3) is 3.36. The van der Waals surface area contributed by atoms with E-state index in [1.807, 2.05) is 12.3 Å². The summed E-state index contributed by atoms with van der Waals surface area (Å²) >= 11 is 0. The van der Waals surface area contributed by atoms with Crippen molar-refractivity contribution in [3.63, 3.8) is 0 Å². The van der Waals surface area contributed by atoms with Gasteiger partial charge in [-0.25, -0.2) is 0 Å². The van der Waals surface area contributed by atoms with Gasteiger partial charge in [-0.15, -0.1) is 0 Å². The molecule has 4 rings (SSSR count). The van der Waals surface area contributed by atoms with E-state index in [0.717, 1.165) is 83.9 Å². The highest BCUT2D eigenvalue weighted by Gasteiger charge is 2.64. The van der Waals surface area contributed by atoms with Gasteiger partial charge in [0, 0.05) is 58.0 Å². The zero-order valence-corrected chi connectivity index (χ0v) is 17.4. The van der Waals surface area contributed by atoms with E-state index in [9.17, 15) is 4.79 Å². The molecule has 3 aliphatic rings. The van der Waals surface area contributed by atoms with Crippen LogP contribution in [0.4, 0.5) is 0 Å². The first-order valence-corrected chi connectivity index (χ1v) is 10.8. The standard InChI is InChI=1S/C22H34N4O2/c1-3-26-13-9-22(20(26)27)18-25(14-15-28-2)17-21(22)7-11-24(12-8-21)16-19-6-4-5-10-23-19/h4-6,10H,3,7-9,11-18H2,1-2H3/t22-/m1/s1. The molecule has 1 aromatic rings. The van der Waals surface area contributed by atoms with Crippen LogP contribution in [0.5, 0.6) is 0 Å². The van der Waals surface area contributed by atoms with Gasteiger partial charge in [-0.3, -0.25) is 19.6 Å². The quantitative estimate of drug-likeness (QED) is 0.747. The minimum atomic E-state index is -0.187. The average Bonchev–Trinajstić information content (AvgIpc) is 3.21. The zero-order chi connectivity index (χ0) is 19.6. The summed E-state index contributed by atoms with van der Waals surface area (Å²) in [5.74, 6) is 0.410. The summed E-state index contributed by atoms with van der Waals surface area (Å²) in [4.78, 5) is 25.0. The Kier molecular flexibility index (Phi) is 5.72. The second-order valence-corrected chi connectivity index (χ2v) is 8.80. The molecule has 0 saturated carbocycles. The van der Waals surface area contributed by atoms with Crippen molar-refractivity contribution in [2.75, 3.05) is 59.5 Å². The van der Waals surface area contributed by atoms with Gasteiger partial charge in [-0.05, 0) is 51.4 Å². The summed E-state index contributed by atoms with van der Waals surface area (Å²) in [7, 11) is 1.76. The smallest absolute Gasteiger partial charge is 0.230 e. The third-order valence-electron chi connectivity index (χ3n) is 7.46. The van der Waals surface area contributed by atoms with Gasteiger partial charge in [-0.1, -0.05) is 6.07 Å². The first kappa shape index (κ1) is 19.8. The number of pyridine rings is 1. The number of methoxy groups -OCH3 is 1. The molecule has 0 bridgehead atoms. The summed E-state index contributed by atoms with van der Waals surface area (Å²) in [5, 5.41) is 0. The number of ether oxygens (including phenoxy) is 1. The predicted octanol–water partition coefficient (Wildman–Crippen LogP) is 1.86. The number of likely N-dealkylation sites (tertiary alicyclic amines) is 3. The minimum Gasteiger partial charge on any atom is -0.383 e. The van der Waals surface area contributed by atoms with Crippen molar-refractivity contribution < 1.29 is 9.53 Å². The van der Waals surface area contributed by atoms with E-state index in [4.69, 9.17) is 4.74 Å². The van der Waals surface area contributed by atoms with Gasteiger partial charge in [0.25, 0.3) is 0 Å². The number of amides is 1. The Hall–Kier alpha value is -1.50. The molecule has 1 atom stereocenters. The Balaban J connectivity index is 1.50. The molecule has 6 heteroatoms. The van der Waals surface area contributed by atoms with Crippen LogP contribution in [0.25, 0.3) is 0 Å². The predicted molar refractivity (Wildman–Crippen MR) is 109 cm³/mol. The van der Waals surface area contributed by atoms with Gasteiger partial charge < -0.3 is 9.64 Å². The summed E-state index contributed by atoms with van der Waals surface area (Å²) in [6.45, 7) is 10.5. The van der Waals surface area contributed by atoms with Crippen molar-refractivity contribution in [1.82, 2.24) is 19.7 Å². The van der Waals surface area contributed by atoms with Crippen molar-refractivity contribution in [3.05, 3.63) is 30.1 Å². The van der Waals surface area contributed by atoms with E-state index >= 15 is 0 Å². The van der Waals surface area contributed by atoms with Gasteiger partial charge in [0.2, 0.25) is 5.91 Å². The topological polar surface area (TPSA) is 48.9 Å². The van der Waals surface area contributed by atoms with Crippen LogP contribution in [0, 0.1) is 10.8 Å². The number of rotatable bonds is 6. The normalized spacial score (nSPS) is 28.1. The van der Waals surface area contributed by atoms with E-state index < -0.39 is 0 Å². The van der Waals surface area contributed by atoms with Crippen LogP contribution in [-0.4, -0.2) is 85.1 Å². The van der Waals surface area contributed by atoms with Gasteiger partial charge >= 0.3 is 0 Å². The number of fused-ring (bicyclic) bond motifs is 1. The Bertz CT molecular complexity index is 674. The molecule has 6 nitrogen and oxygen atoms in total. The zero-order valence-electron chi connectivity index (χ0n) is 17.4. The molecule has 4 heterocycles. The van der Waals surface area contributed by atoms with Gasteiger partial charge in [0.05, 0.1) is 17.7 Å². The highest BCUT2D eigenvalue weighted by Crippen LogP contribution is 2.57. The van der Waals surface area contributed by atoms with E-state index in [1.54, 1.807) is 7.11 Å². The maximum atomic E-state index is 13.5. The second-order valence-electron chi connectivity index (χ2n) is 8.80. The van der Waals surface area contributed by atoms with Crippen LogP contribution in [0.1, 0.15) is 31.9 Å². The van der Waals surface area contributed by atoms with Crippen molar-refractivity contribution in [3.8, 4) is 0 Å². The van der Waals surface area contributed by atoms with E-state index in [-0.39, 0.29) is 10.8 Å². The molecular formula is C22H34N4O2.